The molecule has 0 aromatic rings. The highest BCUT2D eigenvalue weighted by molar-refractivity contribution is 5.79. The van der Waals surface area contributed by atoms with Crippen molar-refractivity contribution in [2.45, 2.75) is 19.5 Å². The van der Waals surface area contributed by atoms with Crippen molar-refractivity contribution in [1.82, 2.24) is 10.2 Å². The third-order valence-electron chi connectivity index (χ3n) is 2.47. The predicted molar refractivity (Wildman–Crippen MR) is 49.3 cm³/mol. The number of amides is 1. The zero-order chi connectivity index (χ0) is 11.5. The summed E-state index contributed by atoms with van der Waals surface area (Å²) in [7, 11) is 0. The normalized spacial score (nSPS) is 21.7. The Balaban J connectivity index is 2.53. The molecule has 0 bridgehead atoms. The summed E-state index contributed by atoms with van der Waals surface area (Å²) >= 11 is 0. The van der Waals surface area contributed by atoms with Crippen LogP contribution in [0, 0.1) is 5.92 Å². The van der Waals surface area contributed by atoms with E-state index in [1.165, 1.54) is 0 Å². The van der Waals surface area contributed by atoms with Gasteiger partial charge in [-0.25, -0.2) is 0 Å². The Bertz CT molecular complexity index is 224. The van der Waals surface area contributed by atoms with E-state index in [1.807, 2.05) is 0 Å². The minimum Gasteiger partial charge on any atom is -0.334 e. The molecule has 0 aromatic heterocycles. The van der Waals surface area contributed by atoms with Gasteiger partial charge in [-0.2, -0.15) is 13.2 Å². The van der Waals surface area contributed by atoms with Crippen LogP contribution in [0.1, 0.15) is 13.3 Å². The molecule has 1 N–H and O–H groups in total. The summed E-state index contributed by atoms with van der Waals surface area (Å²) in [6, 6.07) is 0. The molecule has 88 valence electrons. The minimum absolute atomic E-state index is 0.106. The topological polar surface area (TPSA) is 32.3 Å². The van der Waals surface area contributed by atoms with Gasteiger partial charge in [0.05, 0.1) is 5.92 Å². The van der Waals surface area contributed by atoms with Crippen molar-refractivity contribution < 1.29 is 18.0 Å². The van der Waals surface area contributed by atoms with Gasteiger partial charge >= 0.3 is 6.18 Å². The quantitative estimate of drug-likeness (QED) is 0.775. The van der Waals surface area contributed by atoms with E-state index >= 15 is 0 Å². The molecule has 0 radical (unpaired) electrons. The number of hydrogen-bond acceptors (Lipinski definition) is 2. The monoisotopic (exact) mass is 224 g/mol. The number of hydrogen-bond donors (Lipinski definition) is 1. The molecule has 1 amide bonds. The van der Waals surface area contributed by atoms with Gasteiger partial charge in [0.1, 0.15) is 6.54 Å². The highest BCUT2D eigenvalue weighted by Crippen LogP contribution is 2.19. The van der Waals surface area contributed by atoms with Crippen LogP contribution in [0.2, 0.25) is 0 Å². The fourth-order valence-corrected chi connectivity index (χ4v) is 1.69. The Morgan fingerprint density at radius 1 is 1.53 bits per heavy atom. The number of rotatable bonds is 3. The van der Waals surface area contributed by atoms with Crippen LogP contribution in [0.15, 0.2) is 0 Å². The molecular weight excluding hydrogens is 209 g/mol. The number of nitrogens with one attached hydrogen (secondary N) is 1. The van der Waals surface area contributed by atoms with Crippen molar-refractivity contribution in [3.8, 4) is 0 Å². The molecular formula is C9H15F3N2O. The zero-order valence-electron chi connectivity index (χ0n) is 8.60. The van der Waals surface area contributed by atoms with Gasteiger partial charge in [0, 0.05) is 13.1 Å². The maximum atomic E-state index is 12.1. The maximum absolute atomic E-state index is 12.1. The SMILES string of the molecule is CCN(CC(F)(F)F)C(=O)C1CCNC1. The Kier molecular flexibility index (Phi) is 3.96. The molecule has 1 saturated heterocycles. The van der Waals surface area contributed by atoms with E-state index in [0.717, 1.165) is 4.90 Å². The summed E-state index contributed by atoms with van der Waals surface area (Å²) in [6.07, 6.45) is -3.68. The van der Waals surface area contributed by atoms with Crippen LogP contribution in [0.3, 0.4) is 0 Å². The first-order chi connectivity index (χ1) is 6.94. The highest BCUT2D eigenvalue weighted by Gasteiger charge is 2.35. The summed E-state index contributed by atoms with van der Waals surface area (Å²) in [5.74, 6) is -0.674. The van der Waals surface area contributed by atoms with Crippen LogP contribution in [0.25, 0.3) is 0 Å². The second-order valence-electron chi connectivity index (χ2n) is 3.66. The van der Waals surface area contributed by atoms with Crippen LogP contribution in [-0.2, 0) is 4.79 Å². The Labute approximate surface area is 86.6 Å². The first-order valence-electron chi connectivity index (χ1n) is 5.00. The molecule has 0 saturated carbocycles. The molecule has 0 spiro atoms. The lowest BCUT2D eigenvalue weighted by atomic mass is 10.1. The third kappa shape index (κ3) is 3.70. The van der Waals surface area contributed by atoms with Crippen LogP contribution >= 0.6 is 0 Å². The molecule has 1 rings (SSSR count). The van der Waals surface area contributed by atoms with Crippen molar-refractivity contribution in [2.75, 3.05) is 26.2 Å². The summed E-state index contributed by atoms with van der Waals surface area (Å²) in [5.41, 5.74) is 0. The largest absolute Gasteiger partial charge is 0.406 e. The fraction of sp³-hybridized carbons (Fsp3) is 0.889. The second kappa shape index (κ2) is 4.83. The van der Waals surface area contributed by atoms with E-state index in [-0.39, 0.29) is 18.4 Å². The third-order valence-corrected chi connectivity index (χ3v) is 2.47. The smallest absolute Gasteiger partial charge is 0.334 e. The average Bonchev–Trinajstić information content (AvgIpc) is 2.64. The first-order valence-corrected chi connectivity index (χ1v) is 5.00. The number of alkyl halides is 3. The van der Waals surface area contributed by atoms with Crippen LogP contribution < -0.4 is 5.32 Å². The van der Waals surface area contributed by atoms with Gasteiger partial charge in [-0.1, -0.05) is 0 Å². The lowest BCUT2D eigenvalue weighted by Crippen LogP contribution is -2.42. The van der Waals surface area contributed by atoms with Gasteiger partial charge in [0.2, 0.25) is 5.91 Å². The predicted octanol–water partition coefficient (Wildman–Crippen LogP) is 1.01. The standard InChI is InChI=1S/C9H15F3N2O/c1-2-14(6-9(10,11)12)8(15)7-3-4-13-5-7/h7,13H,2-6H2,1H3. The molecule has 1 aliphatic rings. The van der Waals surface area contributed by atoms with Gasteiger partial charge in [0.15, 0.2) is 0 Å². The summed E-state index contributed by atoms with van der Waals surface area (Å²) in [6.45, 7) is 1.73. The summed E-state index contributed by atoms with van der Waals surface area (Å²) < 4.78 is 36.4. The summed E-state index contributed by atoms with van der Waals surface area (Å²) in [4.78, 5) is 12.5. The highest BCUT2D eigenvalue weighted by atomic mass is 19.4. The van der Waals surface area contributed by atoms with E-state index in [2.05, 4.69) is 5.32 Å². The molecule has 1 heterocycles. The molecule has 1 unspecified atom stereocenters. The van der Waals surface area contributed by atoms with E-state index in [4.69, 9.17) is 0 Å². The van der Waals surface area contributed by atoms with Gasteiger partial charge in [-0.3, -0.25) is 4.79 Å². The van der Waals surface area contributed by atoms with E-state index in [9.17, 15) is 18.0 Å². The lowest BCUT2D eigenvalue weighted by molar-refractivity contribution is -0.163. The van der Waals surface area contributed by atoms with E-state index in [0.29, 0.717) is 19.5 Å². The summed E-state index contributed by atoms with van der Waals surface area (Å²) in [5, 5.41) is 2.97. The number of nitrogens with zero attached hydrogens (tertiary/aromatic N) is 1. The molecule has 1 fully saturated rings. The Hall–Kier alpha value is -0.780. The first kappa shape index (κ1) is 12.3. The van der Waals surface area contributed by atoms with E-state index in [1.54, 1.807) is 6.92 Å². The molecule has 0 aliphatic carbocycles. The van der Waals surface area contributed by atoms with Crippen molar-refractivity contribution in [1.29, 1.82) is 0 Å². The fourth-order valence-electron chi connectivity index (χ4n) is 1.69. The van der Waals surface area contributed by atoms with Crippen LogP contribution in [0.4, 0.5) is 13.2 Å². The Morgan fingerprint density at radius 2 is 2.20 bits per heavy atom. The molecule has 0 aromatic carbocycles. The number of carbonyl (C=O) groups excluding carboxylic acids is 1. The number of carbonyl (C=O) groups is 1. The van der Waals surface area contributed by atoms with Crippen molar-refractivity contribution in [2.24, 2.45) is 5.92 Å². The lowest BCUT2D eigenvalue weighted by Gasteiger charge is -2.24. The Morgan fingerprint density at radius 3 is 2.60 bits per heavy atom. The van der Waals surface area contributed by atoms with Gasteiger partial charge in [0.25, 0.3) is 0 Å². The van der Waals surface area contributed by atoms with Crippen molar-refractivity contribution in [3.63, 3.8) is 0 Å². The average molecular weight is 224 g/mol. The molecule has 1 aliphatic heterocycles. The van der Waals surface area contributed by atoms with Crippen LogP contribution in [0.5, 0.6) is 0 Å². The molecule has 15 heavy (non-hydrogen) atoms. The second-order valence-corrected chi connectivity index (χ2v) is 3.66. The molecule has 6 heteroatoms. The minimum atomic E-state index is -4.31. The van der Waals surface area contributed by atoms with Gasteiger partial charge in [-0.15, -0.1) is 0 Å². The van der Waals surface area contributed by atoms with Gasteiger partial charge in [-0.05, 0) is 19.9 Å². The van der Waals surface area contributed by atoms with Crippen LogP contribution in [-0.4, -0.2) is 43.2 Å². The maximum Gasteiger partial charge on any atom is 0.406 e. The zero-order valence-corrected chi connectivity index (χ0v) is 8.60. The van der Waals surface area contributed by atoms with Crippen molar-refractivity contribution in [3.05, 3.63) is 0 Å². The van der Waals surface area contributed by atoms with Crippen molar-refractivity contribution >= 4 is 5.91 Å². The van der Waals surface area contributed by atoms with Gasteiger partial charge < -0.3 is 10.2 Å². The van der Waals surface area contributed by atoms with E-state index < -0.39 is 12.7 Å². The molecule has 3 nitrogen and oxygen atoms in total. The molecule has 1 atom stereocenters. The number of halogens is 3.